The Hall–Kier alpha value is -1.42. The van der Waals surface area contributed by atoms with Crippen LogP contribution in [0, 0.1) is 12.3 Å². The predicted octanol–water partition coefficient (Wildman–Crippen LogP) is 1.77. The Morgan fingerprint density at radius 1 is 1.42 bits per heavy atom. The number of hydrogen-bond acceptors (Lipinski definition) is 3. The molecule has 1 spiro atoms. The first-order chi connectivity index (χ1) is 9.12. The summed E-state index contributed by atoms with van der Waals surface area (Å²) in [6, 6.07) is 3.77. The van der Waals surface area contributed by atoms with E-state index >= 15 is 0 Å². The Morgan fingerprint density at radius 3 is 2.68 bits per heavy atom. The molecular weight excluding hydrogens is 240 g/mol. The molecule has 1 unspecified atom stereocenters. The Morgan fingerprint density at radius 2 is 2.16 bits per heavy atom. The zero-order valence-corrected chi connectivity index (χ0v) is 11.3. The molecule has 1 atom stereocenters. The van der Waals surface area contributed by atoms with E-state index in [2.05, 4.69) is 4.98 Å². The summed E-state index contributed by atoms with van der Waals surface area (Å²) in [6.07, 6.45) is 5.40. The summed E-state index contributed by atoms with van der Waals surface area (Å²) in [5, 5.41) is 9.89. The molecule has 1 amide bonds. The lowest BCUT2D eigenvalue weighted by Crippen LogP contribution is -2.53. The molecule has 1 aliphatic carbocycles. The molecule has 2 aliphatic rings. The third-order valence-corrected chi connectivity index (χ3v) is 4.88. The Kier molecular flexibility index (Phi) is 3.05. The van der Waals surface area contributed by atoms with E-state index in [1.807, 2.05) is 24.0 Å². The molecule has 0 bridgehead atoms. The molecular formula is C15H20N2O2. The summed E-state index contributed by atoms with van der Waals surface area (Å²) in [7, 11) is 0. The maximum absolute atomic E-state index is 12.4. The number of piperidine rings is 1. The number of likely N-dealkylation sites (tertiary alicyclic amines) is 1. The number of aliphatic hydroxyl groups is 1. The van der Waals surface area contributed by atoms with Crippen molar-refractivity contribution in [2.24, 2.45) is 5.41 Å². The molecule has 0 aromatic carbocycles. The van der Waals surface area contributed by atoms with Crippen LogP contribution in [-0.4, -0.2) is 40.1 Å². The first-order valence-corrected chi connectivity index (χ1v) is 7.01. The fraction of sp³-hybridized carbons (Fsp3) is 0.600. The van der Waals surface area contributed by atoms with Gasteiger partial charge in [-0.05, 0) is 49.7 Å². The Bertz CT molecular complexity index is 493. The summed E-state index contributed by atoms with van der Waals surface area (Å²) >= 11 is 0. The highest BCUT2D eigenvalue weighted by molar-refractivity contribution is 5.93. The molecule has 4 nitrogen and oxygen atoms in total. The fourth-order valence-electron chi connectivity index (χ4n) is 3.28. The van der Waals surface area contributed by atoms with E-state index in [1.165, 1.54) is 0 Å². The maximum Gasteiger partial charge on any atom is 0.272 e. The van der Waals surface area contributed by atoms with Crippen LogP contribution in [0.4, 0.5) is 0 Å². The van der Waals surface area contributed by atoms with Crippen LogP contribution in [0.1, 0.15) is 41.7 Å². The van der Waals surface area contributed by atoms with E-state index in [0.29, 0.717) is 5.69 Å². The van der Waals surface area contributed by atoms with Crippen molar-refractivity contribution >= 4 is 5.91 Å². The highest BCUT2D eigenvalue weighted by atomic mass is 16.3. The molecule has 2 heterocycles. The third kappa shape index (κ3) is 2.04. The maximum atomic E-state index is 12.4. The van der Waals surface area contributed by atoms with Crippen LogP contribution in [0.2, 0.25) is 0 Å². The van der Waals surface area contributed by atoms with Gasteiger partial charge in [0.2, 0.25) is 0 Å². The van der Waals surface area contributed by atoms with Crippen LogP contribution >= 0.6 is 0 Å². The molecule has 2 fully saturated rings. The largest absolute Gasteiger partial charge is 0.393 e. The monoisotopic (exact) mass is 260 g/mol. The number of aromatic nitrogens is 1. The SMILES string of the molecule is Cc1cccnc1C(=O)N1CCC2(CCC2O)CC1. The second-order valence-electron chi connectivity index (χ2n) is 5.88. The van der Waals surface area contributed by atoms with Crippen molar-refractivity contribution in [1.29, 1.82) is 0 Å². The standard InChI is InChI=1S/C15H20N2O2/c1-11-3-2-8-16-13(11)14(19)17-9-6-15(7-10-17)5-4-12(15)18/h2-3,8,12,18H,4-7,9-10H2,1H3. The van der Waals surface area contributed by atoms with E-state index < -0.39 is 0 Å². The molecule has 1 aromatic rings. The summed E-state index contributed by atoms with van der Waals surface area (Å²) in [5.41, 5.74) is 1.60. The van der Waals surface area contributed by atoms with Gasteiger partial charge < -0.3 is 10.0 Å². The van der Waals surface area contributed by atoms with Crippen molar-refractivity contribution in [3.63, 3.8) is 0 Å². The second-order valence-corrected chi connectivity index (χ2v) is 5.88. The molecule has 1 aliphatic heterocycles. The number of rotatable bonds is 1. The van der Waals surface area contributed by atoms with Gasteiger partial charge in [0.05, 0.1) is 6.10 Å². The van der Waals surface area contributed by atoms with Gasteiger partial charge in [-0.15, -0.1) is 0 Å². The molecule has 1 aromatic heterocycles. The van der Waals surface area contributed by atoms with Gasteiger partial charge in [-0.25, -0.2) is 0 Å². The van der Waals surface area contributed by atoms with Crippen LogP contribution in [0.5, 0.6) is 0 Å². The average molecular weight is 260 g/mol. The van der Waals surface area contributed by atoms with E-state index in [1.54, 1.807) is 6.20 Å². The van der Waals surface area contributed by atoms with Crippen molar-refractivity contribution in [3.8, 4) is 0 Å². The molecule has 0 radical (unpaired) electrons. The summed E-state index contributed by atoms with van der Waals surface area (Å²) in [4.78, 5) is 18.5. The first-order valence-electron chi connectivity index (χ1n) is 7.01. The number of aryl methyl sites for hydroxylation is 1. The lowest BCUT2D eigenvalue weighted by Gasteiger charge is -2.51. The van der Waals surface area contributed by atoms with Gasteiger partial charge in [0.25, 0.3) is 5.91 Å². The topological polar surface area (TPSA) is 53.4 Å². The minimum Gasteiger partial charge on any atom is -0.393 e. The summed E-state index contributed by atoms with van der Waals surface area (Å²) in [6.45, 7) is 3.40. The number of carbonyl (C=O) groups is 1. The Balaban J connectivity index is 1.69. The van der Waals surface area contributed by atoms with Crippen molar-refractivity contribution < 1.29 is 9.90 Å². The normalized spacial score (nSPS) is 25.2. The first kappa shape index (κ1) is 12.6. The lowest BCUT2D eigenvalue weighted by atomic mass is 9.61. The van der Waals surface area contributed by atoms with Crippen molar-refractivity contribution in [1.82, 2.24) is 9.88 Å². The zero-order valence-electron chi connectivity index (χ0n) is 11.3. The zero-order chi connectivity index (χ0) is 13.5. The van der Waals surface area contributed by atoms with E-state index in [0.717, 1.165) is 44.3 Å². The molecule has 1 saturated heterocycles. The summed E-state index contributed by atoms with van der Waals surface area (Å²) in [5.74, 6) is 0.0294. The molecule has 1 saturated carbocycles. The molecule has 19 heavy (non-hydrogen) atoms. The van der Waals surface area contributed by atoms with Gasteiger partial charge in [0.1, 0.15) is 5.69 Å². The Labute approximate surface area is 113 Å². The average Bonchev–Trinajstić information content (AvgIpc) is 2.45. The lowest BCUT2D eigenvalue weighted by molar-refractivity contribution is -0.0952. The van der Waals surface area contributed by atoms with Crippen LogP contribution in [-0.2, 0) is 0 Å². The van der Waals surface area contributed by atoms with E-state index in [-0.39, 0.29) is 17.4 Å². The van der Waals surface area contributed by atoms with Crippen molar-refractivity contribution in [3.05, 3.63) is 29.6 Å². The van der Waals surface area contributed by atoms with Crippen LogP contribution in [0.25, 0.3) is 0 Å². The molecule has 4 heteroatoms. The van der Waals surface area contributed by atoms with Gasteiger partial charge >= 0.3 is 0 Å². The molecule has 102 valence electrons. The van der Waals surface area contributed by atoms with Crippen molar-refractivity contribution in [2.45, 2.75) is 38.7 Å². The van der Waals surface area contributed by atoms with Crippen LogP contribution in [0.15, 0.2) is 18.3 Å². The van der Waals surface area contributed by atoms with Gasteiger partial charge in [-0.1, -0.05) is 6.07 Å². The van der Waals surface area contributed by atoms with Gasteiger partial charge in [0.15, 0.2) is 0 Å². The third-order valence-electron chi connectivity index (χ3n) is 4.88. The number of nitrogens with zero attached hydrogens (tertiary/aromatic N) is 2. The van der Waals surface area contributed by atoms with Gasteiger partial charge in [-0.2, -0.15) is 0 Å². The number of aliphatic hydroxyl groups excluding tert-OH is 1. The van der Waals surface area contributed by atoms with Gasteiger partial charge in [-0.3, -0.25) is 9.78 Å². The fourth-order valence-corrected chi connectivity index (χ4v) is 3.28. The minimum atomic E-state index is -0.152. The van der Waals surface area contributed by atoms with Crippen molar-refractivity contribution in [2.75, 3.05) is 13.1 Å². The molecule has 3 rings (SSSR count). The second kappa shape index (κ2) is 4.60. The van der Waals surface area contributed by atoms with Gasteiger partial charge in [0, 0.05) is 19.3 Å². The van der Waals surface area contributed by atoms with Crippen LogP contribution in [0.3, 0.4) is 0 Å². The quantitative estimate of drug-likeness (QED) is 0.837. The molecule has 1 N–H and O–H groups in total. The number of carbonyl (C=O) groups excluding carboxylic acids is 1. The van der Waals surface area contributed by atoms with Crippen LogP contribution < -0.4 is 0 Å². The number of pyridine rings is 1. The number of amides is 1. The van der Waals surface area contributed by atoms with E-state index in [4.69, 9.17) is 0 Å². The predicted molar refractivity (Wildman–Crippen MR) is 71.8 cm³/mol. The summed E-state index contributed by atoms with van der Waals surface area (Å²) < 4.78 is 0. The number of hydrogen-bond donors (Lipinski definition) is 1. The highest BCUT2D eigenvalue weighted by Crippen LogP contribution is 2.49. The highest BCUT2D eigenvalue weighted by Gasteiger charge is 2.47. The smallest absolute Gasteiger partial charge is 0.272 e. The minimum absolute atomic E-state index is 0.0294. The van der Waals surface area contributed by atoms with E-state index in [9.17, 15) is 9.90 Å².